The summed E-state index contributed by atoms with van der Waals surface area (Å²) in [4.78, 5) is 0. The van der Waals surface area contributed by atoms with Gasteiger partial charge in [0, 0.05) is 28.0 Å². The molecule has 15 heavy (non-hydrogen) atoms. The molecular formula is C12H21NS2. The highest BCUT2D eigenvalue weighted by atomic mass is 32.2. The van der Waals surface area contributed by atoms with Crippen LogP contribution < -0.4 is 5.73 Å². The van der Waals surface area contributed by atoms with Crippen molar-refractivity contribution < 1.29 is 0 Å². The van der Waals surface area contributed by atoms with Crippen molar-refractivity contribution in [1.29, 1.82) is 0 Å². The largest absolute Gasteiger partial charge is 0.323 e. The number of thioether (sulfide) groups is 2. The molecule has 0 aromatic heterocycles. The molecule has 1 saturated heterocycles. The maximum absolute atomic E-state index is 6.41. The van der Waals surface area contributed by atoms with E-state index in [9.17, 15) is 0 Å². The molecule has 3 unspecified atom stereocenters. The van der Waals surface area contributed by atoms with Crippen molar-refractivity contribution in [2.45, 2.75) is 49.1 Å². The molecule has 1 aliphatic carbocycles. The second-order valence-corrected chi connectivity index (χ2v) is 7.23. The van der Waals surface area contributed by atoms with Crippen LogP contribution in [-0.4, -0.2) is 28.0 Å². The van der Waals surface area contributed by atoms with Gasteiger partial charge < -0.3 is 5.73 Å². The van der Waals surface area contributed by atoms with Crippen LogP contribution in [0.25, 0.3) is 0 Å². The topological polar surface area (TPSA) is 26.0 Å². The van der Waals surface area contributed by atoms with Gasteiger partial charge in [-0.25, -0.2) is 0 Å². The molecule has 2 rings (SSSR count). The summed E-state index contributed by atoms with van der Waals surface area (Å²) < 4.78 is 0. The van der Waals surface area contributed by atoms with Gasteiger partial charge in [0.1, 0.15) is 0 Å². The Balaban J connectivity index is 1.98. The van der Waals surface area contributed by atoms with Crippen LogP contribution in [0.3, 0.4) is 0 Å². The van der Waals surface area contributed by atoms with Gasteiger partial charge in [-0.05, 0) is 25.7 Å². The molecule has 0 spiro atoms. The van der Waals surface area contributed by atoms with Gasteiger partial charge in [-0.2, -0.15) is 23.5 Å². The van der Waals surface area contributed by atoms with Crippen LogP contribution in [0.4, 0.5) is 0 Å². The summed E-state index contributed by atoms with van der Waals surface area (Å²) in [5, 5.41) is 1.37. The normalized spacial score (nSPS) is 34.7. The van der Waals surface area contributed by atoms with Gasteiger partial charge in [-0.15, -0.1) is 0 Å². The predicted octanol–water partition coefficient (Wildman–Crippen LogP) is 3.05. The fraction of sp³-hybridized carbons (Fsp3) is 0.833. The molecule has 1 nitrogen and oxygen atoms in total. The minimum atomic E-state index is 0.318. The van der Waals surface area contributed by atoms with Gasteiger partial charge >= 0.3 is 0 Å². The van der Waals surface area contributed by atoms with E-state index in [1.165, 1.54) is 42.8 Å². The summed E-state index contributed by atoms with van der Waals surface area (Å²) >= 11 is 4.18. The highest BCUT2D eigenvalue weighted by Gasteiger charge is 2.30. The molecule has 86 valence electrons. The SMILES string of the molecule is CC1SCCSC1C(N)C1=CCCCC1. The smallest absolute Gasteiger partial charge is 0.0385 e. The number of hydrogen-bond acceptors (Lipinski definition) is 3. The second kappa shape index (κ2) is 5.65. The quantitative estimate of drug-likeness (QED) is 0.755. The van der Waals surface area contributed by atoms with Gasteiger partial charge in [0.15, 0.2) is 0 Å². The zero-order valence-corrected chi connectivity index (χ0v) is 11.1. The molecule has 1 heterocycles. The first kappa shape index (κ1) is 11.9. The van der Waals surface area contributed by atoms with E-state index >= 15 is 0 Å². The molecule has 0 aromatic carbocycles. The Bertz CT molecular complexity index is 240. The van der Waals surface area contributed by atoms with Gasteiger partial charge in [-0.1, -0.05) is 18.6 Å². The minimum absolute atomic E-state index is 0.318. The van der Waals surface area contributed by atoms with E-state index in [1.54, 1.807) is 0 Å². The van der Waals surface area contributed by atoms with E-state index in [0.717, 1.165) is 5.25 Å². The first-order valence-corrected chi connectivity index (χ1v) is 8.06. The van der Waals surface area contributed by atoms with Crippen molar-refractivity contribution in [3.8, 4) is 0 Å². The highest BCUT2D eigenvalue weighted by Crippen LogP contribution is 2.35. The van der Waals surface area contributed by atoms with Crippen LogP contribution in [0, 0.1) is 0 Å². The number of hydrogen-bond donors (Lipinski definition) is 1. The molecule has 2 N–H and O–H groups in total. The van der Waals surface area contributed by atoms with Crippen LogP contribution in [0.1, 0.15) is 32.6 Å². The lowest BCUT2D eigenvalue weighted by Crippen LogP contribution is -2.42. The van der Waals surface area contributed by atoms with Gasteiger partial charge in [0.25, 0.3) is 0 Å². The Kier molecular flexibility index (Phi) is 4.47. The molecule has 2 aliphatic rings. The van der Waals surface area contributed by atoms with E-state index in [0.29, 0.717) is 11.3 Å². The Morgan fingerprint density at radius 3 is 2.80 bits per heavy atom. The summed E-state index contributed by atoms with van der Waals surface area (Å²) in [5.74, 6) is 2.58. The van der Waals surface area contributed by atoms with Crippen molar-refractivity contribution >= 4 is 23.5 Å². The standard InChI is InChI=1S/C12H21NS2/c1-9-12(15-8-7-14-9)11(13)10-5-3-2-4-6-10/h5,9,11-12H,2-4,6-8,13H2,1H3. The Morgan fingerprint density at radius 2 is 2.13 bits per heavy atom. The third-order valence-electron chi connectivity index (χ3n) is 3.35. The molecule has 1 fully saturated rings. The van der Waals surface area contributed by atoms with Gasteiger partial charge in [-0.3, -0.25) is 0 Å². The molecule has 0 aromatic rings. The second-order valence-electron chi connectivity index (χ2n) is 4.46. The zero-order valence-electron chi connectivity index (χ0n) is 9.45. The summed E-state index contributed by atoms with van der Waals surface area (Å²) in [6.07, 6.45) is 7.61. The van der Waals surface area contributed by atoms with Crippen molar-refractivity contribution in [1.82, 2.24) is 0 Å². The Hall–Kier alpha value is 0.400. The number of allylic oxidation sites excluding steroid dienone is 1. The third kappa shape index (κ3) is 2.95. The summed E-state index contributed by atoms with van der Waals surface area (Å²) in [5.41, 5.74) is 7.95. The van der Waals surface area contributed by atoms with Crippen molar-refractivity contribution in [3.05, 3.63) is 11.6 Å². The zero-order chi connectivity index (χ0) is 10.7. The molecule has 0 radical (unpaired) electrons. The van der Waals surface area contributed by atoms with Gasteiger partial charge in [0.05, 0.1) is 0 Å². The highest BCUT2D eigenvalue weighted by molar-refractivity contribution is 8.07. The predicted molar refractivity (Wildman–Crippen MR) is 72.7 cm³/mol. The molecule has 1 aliphatic heterocycles. The fourth-order valence-corrected chi connectivity index (χ4v) is 5.32. The fourth-order valence-electron chi connectivity index (χ4n) is 2.42. The maximum atomic E-state index is 6.41. The first-order valence-electron chi connectivity index (χ1n) is 5.97. The first-order chi connectivity index (χ1) is 7.29. The summed E-state index contributed by atoms with van der Waals surface area (Å²) in [6.45, 7) is 2.34. The van der Waals surface area contributed by atoms with E-state index < -0.39 is 0 Å². The van der Waals surface area contributed by atoms with Crippen LogP contribution in [0.15, 0.2) is 11.6 Å². The number of rotatable bonds is 2. The lowest BCUT2D eigenvalue weighted by Gasteiger charge is -2.34. The minimum Gasteiger partial charge on any atom is -0.323 e. The van der Waals surface area contributed by atoms with Crippen molar-refractivity contribution in [2.75, 3.05) is 11.5 Å². The summed E-state index contributed by atoms with van der Waals surface area (Å²) in [6, 6.07) is 0.318. The Labute approximate surface area is 102 Å². The van der Waals surface area contributed by atoms with E-state index in [4.69, 9.17) is 5.73 Å². The molecule has 0 amide bonds. The monoisotopic (exact) mass is 243 g/mol. The van der Waals surface area contributed by atoms with E-state index in [1.807, 2.05) is 0 Å². The summed E-state index contributed by atoms with van der Waals surface area (Å²) in [7, 11) is 0. The molecule has 3 heteroatoms. The van der Waals surface area contributed by atoms with Crippen LogP contribution in [-0.2, 0) is 0 Å². The van der Waals surface area contributed by atoms with Crippen LogP contribution in [0.2, 0.25) is 0 Å². The van der Waals surface area contributed by atoms with Crippen molar-refractivity contribution in [3.63, 3.8) is 0 Å². The van der Waals surface area contributed by atoms with Crippen LogP contribution >= 0.6 is 23.5 Å². The Morgan fingerprint density at radius 1 is 1.33 bits per heavy atom. The molecule has 3 atom stereocenters. The van der Waals surface area contributed by atoms with E-state index in [2.05, 4.69) is 36.5 Å². The van der Waals surface area contributed by atoms with Crippen molar-refractivity contribution in [2.24, 2.45) is 5.73 Å². The van der Waals surface area contributed by atoms with Crippen LogP contribution in [0.5, 0.6) is 0 Å². The lowest BCUT2D eigenvalue weighted by atomic mass is 9.92. The molecular weight excluding hydrogens is 222 g/mol. The van der Waals surface area contributed by atoms with Gasteiger partial charge in [0.2, 0.25) is 0 Å². The van der Waals surface area contributed by atoms with E-state index in [-0.39, 0.29) is 0 Å². The number of nitrogens with two attached hydrogens (primary N) is 1. The maximum Gasteiger partial charge on any atom is 0.0385 e. The lowest BCUT2D eigenvalue weighted by molar-refractivity contribution is 0.611. The third-order valence-corrected chi connectivity index (χ3v) is 6.56. The molecule has 0 bridgehead atoms. The average Bonchev–Trinajstić information content (AvgIpc) is 2.30. The average molecular weight is 243 g/mol. The molecule has 0 saturated carbocycles.